The van der Waals surface area contributed by atoms with Crippen molar-refractivity contribution in [2.75, 3.05) is 13.1 Å². The topological polar surface area (TPSA) is 116 Å². The van der Waals surface area contributed by atoms with Crippen molar-refractivity contribution in [3.8, 4) is 0 Å². The Labute approximate surface area is 180 Å². The van der Waals surface area contributed by atoms with Crippen LogP contribution in [-0.2, 0) is 14.8 Å². The molecule has 0 unspecified atom stereocenters. The predicted molar refractivity (Wildman–Crippen MR) is 114 cm³/mol. The van der Waals surface area contributed by atoms with E-state index in [1.165, 1.54) is 10.7 Å². The number of aliphatic imine (C=N–C) groups is 1. The first-order valence-corrected chi connectivity index (χ1v) is 12.7. The molecule has 1 aromatic rings. The molecule has 164 valence electrons. The molecule has 10 heteroatoms. The third-order valence-electron chi connectivity index (χ3n) is 6.71. The maximum atomic E-state index is 13.2. The highest BCUT2D eigenvalue weighted by molar-refractivity contribution is 7.91. The fourth-order valence-electron chi connectivity index (χ4n) is 4.68. The van der Waals surface area contributed by atoms with Gasteiger partial charge in [0.05, 0.1) is 0 Å². The van der Waals surface area contributed by atoms with Crippen LogP contribution < -0.4 is 5.32 Å². The second kappa shape index (κ2) is 7.72. The maximum Gasteiger partial charge on any atom is 0.346 e. The first-order valence-electron chi connectivity index (χ1n) is 10.4. The number of amidine groups is 1. The number of hydrogen-bond acceptors (Lipinski definition) is 6. The maximum absolute atomic E-state index is 13.2. The molecule has 1 amide bonds. The second-order valence-electron chi connectivity index (χ2n) is 8.50. The van der Waals surface area contributed by atoms with E-state index >= 15 is 0 Å². The summed E-state index contributed by atoms with van der Waals surface area (Å²) in [5.41, 5.74) is 0.0937. The Morgan fingerprint density at radius 2 is 1.80 bits per heavy atom. The van der Waals surface area contributed by atoms with Gasteiger partial charge in [-0.05, 0) is 50.7 Å². The number of sulfonamides is 1. The molecule has 1 spiro atoms. The highest BCUT2D eigenvalue weighted by Crippen LogP contribution is 2.38. The predicted octanol–water partition coefficient (Wildman–Crippen LogP) is 2.70. The number of amides is 1. The molecule has 0 atom stereocenters. The van der Waals surface area contributed by atoms with Gasteiger partial charge in [0, 0.05) is 19.0 Å². The molecule has 30 heavy (non-hydrogen) atoms. The zero-order chi connectivity index (χ0) is 21.7. The standard InChI is InChI=1S/C20H27N3O5S2/c1-12-13(2)18(29-15(12)17(24)25)30(27,28)23-10-8-20(9-11-23)19(26)21-16(22-20)14-6-4-3-5-7-14/h14H,3-11H2,1-2H3,(H,24,25)(H,21,22,26). The van der Waals surface area contributed by atoms with Gasteiger partial charge in [0.2, 0.25) is 0 Å². The largest absolute Gasteiger partial charge is 0.477 e. The quantitative estimate of drug-likeness (QED) is 0.727. The minimum atomic E-state index is -3.82. The van der Waals surface area contributed by atoms with Crippen molar-refractivity contribution >= 4 is 39.1 Å². The van der Waals surface area contributed by atoms with Crippen LogP contribution in [0.1, 0.15) is 65.7 Å². The molecule has 4 rings (SSSR count). The molecule has 3 heterocycles. The molecule has 2 N–H and O–H groups in total. The fourth-order valence-corrected chi connectivity index (χ4v) is 7.99. The summed E-state index contributed by atoms with van der Waals surface area (Å²) in [5.74, 6) is -0.148. The van der Waals surface area contributed by atoms with Crippen molar-refractivity contribution in [3.63, 3.8) is 0 Å². The molecule has 0 radical (unpaired) electrons. The van der Waals surface area contributed by atoms with Gasteiger partial charge in [-0.15, -0.1) is 11.3 Å². The van der Waals surface area contributed by atoms with Gasteiger partial charge in [0.15, 0.2) is 0 Å². The molecule has 1 saturated heterocycles. The lowest BCUT2D eigenvalue weighted by atomic mass is 9.88. The van der Waals surface area contributed by atoms with E-state index in [9.17, 15) is 23.1 Å². The first kappa shape index (κ1) is 21.5. The Morgan fingerprint density at radius 3 is 2.37 bits per heavy atom. The first-order chi connectivity index (χ1) is 14.2. The van der Waals surface area contributed by atoms with Gasteiger partial charge < -0.3 is 10.4 Å². The molecule has 3 aliphatic rings. The van der Waals surface area contributed by atoms with Crippen molar-refractivity contribution < 1.29 is 23.1 Å². The van der Waals surface area contributed by atoms with Gasteiger partial charge in [-0.3, -0.25) is 9.79 Å². The van der Waals surface area contributed by atoms with Crippen molar-refractivity contribution in [1.29, 1.82) is 0 Å². The monoisotopic (exact) mass is 453 g/mol. The highest BCUT2D eigenvalue weighted by atomic mass is 32.2. The molecule has 8 nitrogen and oxygen atoms in total. The number of aromatic carboxylic acids is 1. The van der Waals surface area contributed by atoms with E-state index < -0.39 is 21.5 Å². The van der Waals surface area contributed by atoms with Gasteiger partial charge in [-0.25, -0.2) is 13.2 Å². The summed E-state index contributed by atoms with van der Waals surface area (Å²) in [7, 11) is -3.82. The molecule has 2 aliphatic heterocycles. The van der Waals surface area contributed by atoms with Crippen LogP contribution in [0.25, 0.3) is 0 Å². The number of carboxylic acids is 1. The Hall–Kier alpha value is -1.78. The smallest absolute Gasteiger partial charge is 0.346 e. The average Bonchev–Trinajstić information content (AvgIpc) is 3.20. The van der Waals surface area contributed by atoms with E-state index in [0.717, 1.165) is 42.9 Å². The van der Waals surface area contributed by atoms with Crippen LogP contribution in [0.5, 0.6) is 0 Å². The summed E-state index contributed by atoms with van der Waals surface area (Å²) in [6.45, 7) is 3.65. The summed E-state index contributed by atoms with van der Waals surface area (Å²) in [5, 5.41) is 12.3. The number of hydrogen-bond donors (Lipinski definition) is 2. The van der Waals surface area contributed by atoms with E-state index in [0.29, 0.717) is 29.9 Å². The number of nitrogens with one attached hydrogen (secondary N) is 1. The van der Waals surface area contributed by atoms with Gasteiger partial charge in [0.25, 0.3) is 15.9 Å². The van der Waals surface area contributed by atoms with Crippen LogP contribution in [-0.4, -0.2) is 54.2 Å². The molecular weight excluding hydrogens is 426 g/mol. The number of nitrogens with zero attached hydrogens (tertiary/aromatic N) is 2. The minimum Gasteiger partial charge on any atom is -0.477 e. The average molecular weight is 454 g/mol. The molecule has 1 saturated carbocycles. The lowest BCUT2D eigenvalue weighted by Gasteiger charge is -2.34. The van der Waals surface area contributed by atoms with Crippen molar-refractivity contribution in [1.82, 2.24) is 9.62 Å². The number of thiophene rings is 1. The Morgan fingerprint density at radius 1 is 1.17 bits per heavy atom. The number of carbonyl (C=O) groups excluding carboxylic acids is 1. The molecule has 1 aliphatic carbocycles. The number of carbonyl (C=O) groups is 2. The normalized spacial score (nSPS) is 22.9. The van der Waals surface area contributed by atoms with Gasteiger partial charge in [-0.1, -0.05) is 19.3 Å². The van der Waals surface area contributed by atoms with Crippen molar-refractivity contribution in [2.45, 2.75) is 68.5 Å². The number of carboxylic acid groups (broad SMARTS) is 1. The molecule has 0 bridgehead atoms. The summed E-state index contributed by atoms with van der Waals surface area (Å²) in [6.07, 6.45) is 6.28. The molecular formula is C20H27N3O5S2. The second-order valence-corrected chi connectivity index (χ2v) is 11.6. The van der Waals surface area contributed by atoms with Crippen LogP contribution >= 0.6 is 11.3 Å². The summed E-state index contributed by atoms with van der Waals surface area (Å²) >= 11 is 0.802. The SMILES string of the molecule is Cc1c(C(=O)O)sc(S(=O)(=O)N2CCC3(CC2)N=C(C2CCCCC2)NC3=O)c1C. The molecule has 2 fully saturated rings. The Balaban J connectivity index is 1.53. The number of rotatable bonds is 4. The summed E-state index contributed by atoms with van der Waals surface area (Å²) in [6, 6.07) is 0. The van der Waals surface area contributed by atoms with Gasteiger partial charge >= 0.3 is 5.97 Å². The van der Waals surface area contributed by atoms with Gasteiger partial charge in [0.1, 0.15) is 20.5 Å². The van der Waals surface area contributed by atoms with Crippen molar-refractivity contribution in [3.05, 3.63) is 16.0 Å². The molecule has 0 aromatic carbocycles. The van der Waals surface area contributed by atoms with Crippen molar-refractivity contribution in [2.24, 2.45) is 10.9 Å². The zero-order valence-electron chi connectivity index (χ0n) is 17.2. The van der Waals surface area contributed by atoms with E-state index in [4.69, 9.17) is 4.99 Å². The lowest BCUT2D eigenvalue weighted by molar-refractivity contribution is -0.125. The summed E-state index contributed by atoms with van der Waals surface area (Å²) in [4.78, 5) is 29.0. The molecule has 1 aromatic heterocycles. The minimum absolute atomic E-state index is 0.0523. The third kappa shape index (κ3) is 3.48. The fraction of sp³-hybridized carbons (Fsp3) is 0.650. The van der Waals surface area contributed by atoms with Crippen LogP contribution in [0, 0.1) is 19.8 Å². The van der Waals surface area contributed by atoms with Crippen LogP contribution in [0.15, 0.2) is 9.20 Å². The lowest BCUT2D eigenvalue weighted by Crippen LogP contribution is -2.50. The number of piperidine rings is 1. The van der Waals surface area contributed by atoms with E-state index in [1.54, 1.807) is 13.8 Å². The van der Waals surface area contributed by atoms with Crippen LogP contribution in [0.4, 0.5) is 0 Å². The summed E-state index contributed by atoms with van der Waals surface area (Å²) < 4.78 is 27.8. The van der Waals surface area contributed by atoms with Gasteiger partial charge in [-0.2, -0.15) is 4.31 Å². The Kier molecular flexibility index (Phi) is 5.52. The third-order valence-corrected chi connectivity index (χ3v) is 10.6. The van der Waals surface area contributed by atoms with Crippen LogP contribution in [0.2, 0.25) is 0 Å². The van der Waals surface area contributed by atoms with E-state index in [2.05, 4.69) is 5.32 Å². The van der Waals surface area contributed by atoms with Crippen LogP contribution in [0.3, 0.4) is 0 Å². The zero-order valence-corrected chi connectivity index (χ0v) is 18.9. The highest BCUT2D eigenvalue weighted by Gasteiger charge is 2.48. The van der Waals surface area contributed by atoms with E-state index in [-0.39, 0.29) is 28.1 Å². The van der Waals surface area contributed by atoms with E-state index in [1.807, 2.05) is 0 Å². The Bertz CT molecular complexity index is 1010.